The number of ether oxygens (including phenoxy) is 1. The van der Waals surface area contributed by atoms with Crippen molar-refractivity contribution in [2.24, 2.45) is 0 Å². The van der Waals surface area contributed by atoms with Crippen LogP contribution in [0, 0.1) is 0 Å². The average molecular weight is 355 g/mol. The van der Waals surface area contributed by atoms with Gasteiger partial charge in [-0.1, -0.05) is 0 Å². The number of pyridine rings is 1. The third kappa shape index (κ3) is 6.20. The van der Waals surface area contributed by atoms with Gasteiger partial charge in [0, 0.05) is 17.8 Å². The number of aromatic nitrogens is 5. The van der Waals surface area contributed by atoms with Crippen molar-refractivity contribution in [1.82, 2.24) is 25.2 Å². The van der Waals surface area contributed by atoms with Gasteiger partial charge in [0.2, 0.25) is 11.7 Å². The normalized spacial score (nSPS) is 11.6. The third-order valence-corrected chi connectivity index (χ3v) is 3.66. The highest BCUT2D eigenvalue weighted by molar-refractivity contribution is 7.85. The fourth-order valence-electron chi connectivity index (χ4n) is 1.86. The molecule has 0 aliphatic heterocycles. The Morgan fingerprint density at radius 1 is 1.17 bits per heavy atom. The summed E-state index contributed by atoms with van der Waals surface area (Å²) in [6.45, 7) is 3.32. The van der Waals surface area contributed by atoms with Gasteiger partial charge in [-0.15, -0.1) is 10.2 Å². The molecule has 0 bridgehead atoms. The van der Waals surface area contributed by atoms with Gasteiger partial charge in [-0.25, -0.2) is 4.98 Å². The van der Waals surface area contributed by atoms with Gasteiger partial charge in [-0.05, 0) is 37.5 Å². The molecule has 0 saturated heterocycles. The van der Waals surface area contributed by atoms with E-state index in [1.54, 1.807) is 12.3 Å². The maximum Gasteiger partial charge on any atom is 0.264 e. The first-order chi connectivity index (χ1) is 11.5. The summed E-state index contributed by atoms with van der Waals surface area (Å²) in [5.74, 6) is 1.05. The lowest BCUT2D eigenvalue weighted by molar-refractivity contribution is 0.277. The molecule has 0 aliphatic rings. The molecule has 0 spiro atoms. The molecule has 9 nitrogen and oxygen atoms in total. The monoisotopic (exact) mass is 355 g/mol. The predicted molar refractivity (Wildman–Crippen MR) is 86.9 cm³/mol. The lowest BCUT2D eigenvalue weighted by atomic mass is 10.2. The SMILES string of the molecule is CCn1nnc(-c2ccc(OCCCCCOS(C)(=O)=O)nc2)n1. The van der Waals surface area contributed by atoms with Crippen LogP contribution in [0.25, 0.3) is 11.4 Å². The molecule has 0 fully saturated rings. The van der Waals surface area contributed by atoms with Gasteiger partial charge < -0.3 is 4.74 Å². The minimum atomic E-state index is -3.34. The molecule has 2 rings (SSSR count). The van der Waals surface area contributed by atoms with Gasteiger partial charge in [0.15, 0.2) is 0 Å². The first-order valence-electron chi connectivity index (χ1n) is 7.69. The highest BCUT2D eigenvalue weighted by atomic mass is 32.2. The molecule has 132 valence electrons. The van der Waals surface area contributed by atoms with Crippen molar-refractivity contribution in [2.75, 3.05) is 19.5 Å². The van der Waals surface area contributed by atoms with Crippen LogP contribution in [0.15, 0.2) is 18.3 Å². The number of aryl methyl sites for hydroxylation is 1. The Bertz CT molecular complexity index is 730. The highest BCUT2D eigenvalue weighted by Crippen LogP contribution is 2.15. The van der Waals surface area contributed by atoms with Crippen LogP contribution in [0.1, 0.15) is 26.2 Å². The summed E-state index contributed by atoms with van der Waals surface area (Å²) in [7, 11) is -3.34. The number of rotatable bonds is 10. The van der Waals surface area contributed by atoms with Crippen molar-refractivity contribution < 1.29 is 17.3 Å². The van der Waals surface area contributed by atoms with Gasteiger partial charge in [0.1, 0.15) is 0 Å². The van der Waals surface area contributed by atoms with Gasteiger partial charge >= 0.3 is 0 Å². The summed E-state index contributed by atoms with van der Waals surface area (Å²) >= 11 is 0. The van der Waals surface area contributed by atoms with Crippen LogP contribution in [-0.4, -0.2) is 53.1 Å². The van der Waals surface area contributed by atoms with Crippen molar-refractivity contribution in [3.8, 4) is 17.3 Å². The number of hydrogen-bond acceptors (Lipinski definition) is 8. The first-order valence-corrected chi connectivity index (χ1v) is 9.51. The molecule has 0 unspecified atom stereocenters. The smallest absolute Gasteiger partial charge is 0.264 e. The molecule has 2 heterocycles. The Balaban J connectivity index is 1.68. The van der Waals surface area contributed by atoms with Crippen LogP contribution >= 0.6 is 0 Å². The average Bonchev–Trinajstić information content (AvgIpc) is 3.02. The molecule has 0 atom stereocenters. The van der Waals surface area contributed by atoms with Crippen LogP contribution in [0.5, 0.6) is 5.88 Å². The number of unbranched alkanes of at least 4 members (excludes halogenated alkanes) is 2. The van der Waals surface area contributed by atoms with E-state index in [0.717, 1.165) is 24.7 Å². The second kappa shape index (κ2) is 8.69. The molecule has 0 radical (unpaired) electrons. The minimum absolute atomic E-state index is 0.206. The first kappa shape index (κ1) is 18.3. The summed E-state index contributed by atoms with van der Waals surface area (Å²) in [4.78, 5) is 5.72. The Hall–Kier alpha value is -2.07. The zero-order chi connectivity index (χ0) is 17.4. The van der Waals surface area contributed by atoms with E-state index >= 15 is 0 Å². The van der Waals surface area contributed by atoms with E-state index in [-0.39, 0.29) is 6.61 Å². The van der Waals surface area contributed by atoms with Gasteiger partial charge in [0.25, 0.3) is 10.1 Å². The molecule has 0 aliphatic carbocycles. The molecular formula is C14H21N5O4S. The summed E-state index contributed by atoms with van der Waals surface area (Å²) in [5.41, 5.74) is 0.778. The number of tetrazole rings is 1. The fraction of sp³-hybridized carbons (Fsp3) is 0.571. The molecule has 2 aromatic rings. The summed E-state index contributed by atoms with van der Waals surface area (Å²) in [5, 5.41) is 12.1. The third-order valence-electron chi connectivity index (χ3n) is 3.07. The lowest BCUT2D eigenvalue weighted by Crippen LogP contribution is -2.05. The van der Waals surface area contributed by atoms with Crippen LogP contribution in [0.4, 0.5) is 0 Å². The van der Waals surface area contributed by atoms with Crippen molar-refractivity contribution in [3.05, 3.63) is 18.3 Å². The van der Waals surface area contributed by atoms with Crippen LogP contribution in [0.3, 0.4) is 0 Å². The predicted octanol–water partition coefficient (Wildman–Crippen LogP) is 1.28. The molecule has 0 N–H and O–H groups in total. The van der Waals surface area contributed by atoms with Crippen LogP contribution in [0.2, 0.25) is 0 Å². The van der Waals surface area contributed by atoms with Gasteiger partial charge in [-0.2, -0.15) is 13.2 Å². The van der Waals surface area contributed by atoms with E-state index in [2.05, 4.69) is 24.6 Å². The largest absolute Gasteiger partial charge is 0.478 e. The molecule has 0 saturated carbocycles. The van der Waals surface area contributed by atoms with Crippen LogP contribution < -0.4 is 4.74 Å². The van der Waals surface area contributed by atoms with E-state index in [4.69, 9.17) is 4.74 Å². The van der Waals surface area contributed by atoms with E-state index in [0.29, 0.717) is 31.3 Å². The van der Waals surface area contributed by atoms with Crippen molar-refractivity contribution in [1.29, 1.82) is 0 Å². The molecule has 2 aromatic heterocycles. The van der Waals surface area contributed by atoms with Crippen LogP contribution in [-0.2, 0) is 20.8 Å². The van der Waals surface area contributed by atoms with Gasteiger partial charge in [-0.3, -0.25) is 4.18 Å². The lowest BCUT2D eigenvalue weighted by Gasteiger charge is -2.05. The second-order valence-corrected chi connectivity index (χ2v) is 6.77. The van der Waals surface area contributed by atoms with E-state index in [1.165, 1.54) is 4.80 Å². The second-order valence-electron chi connectivity index (χ2n) is 5.12. The Morgan fingerprint density at radius 3 is 2.58 bits per heavy atom. The van der Waals surface area contributed by atoms with E-state index in [9.17, 15) is 8.42 Å². The maximum absolute atomic E-state index is 10.8. The Morgan fingerprint density at radius 2 is 1.96 bits per heavy atom. The molecule has 0 amide bonds. The Kier molecular flexibility index (Phi) is 6.62. The summed E-state index contributed by atoms with van der Waals surface area (Å²) in [6, 6.07) is 3.59. The molecular weight excluding hydrogens is 334 g/mol. The maximum atomic E-state index is 10.8. The number of nitrogens with zero attached hydrogens (tertiary/aromatic N) is 5. The quantitative estimate of drug-likeness (QED) is 0.463. The zero-order valence-corrected chi connectivity index (χ0v) is 14.6. The fourth-order valence-corrected chi connectivity index (χ4v) is 2.28. The summed E-state index contributed by atoms with van der Waals surface area (Å²) < 4.78 is 31.8. The zero-order valence-electron chi connectivity index (χ0n) is 13.8. The van der Waals surface area contributed by atoms with Crippen molar-refractivity contribution in [3.63, 3.8) is 0 Å². The van der Waals surface area contributed by atoms with Gasteiger partial charge in [0.05, 0.1) is 26.0 Å². The standard InChI is InChI=1S/C14H21N5O4S/c1-3-19-17-14(16-18-19)12-7-8-13(15-11-12)22-9-5-4-6-10-23-24(2,20)21/h7-8,11H,3-6,9-10H2,1-2H3. The van der Waals surface area contributed by atoms with E-state index in [1.807, 2.05) is 13.0 Å². The van der Waals surface area contributed by atoms with Crippen molar-refractivity contribution in [2.45, 2.75) is 32.7 Å². The molecule has 24 heavy (non-hydrogen) atoms. The topological polar surface area (TPSA) is 109 Å². The number of hydrogen-bond donors (Lipinski definition) is 0. The van der Waals surface area contributed by atoms with E-state index < -0.39 is 10.1 Å². The highest BCUT2D eigenvalue weighted by Gasteiger charge is 2.06. The molecule has 10 heteroatoms. The minimum Gasteiger partial charge on any atom is -0.478 e. The Labute approximate surface area is 141 Å². The molecule has 0 aromatic carbocycles. The summed E-state index contributed by atoms with van der Waals surface area (Å²) in [6.07, 6.45) is 4.97. The van der Waals surface area contributed by atoms with Crippen molar-refractivity contribution >= 4 is 10.1 Å².